The molecular formula is C25H25N3O3. The number of methoxy groups -OCH3 is 1. The van der Waals surface area contributed by atoms with Gasteiger partial charge in [-0.15, -0.1) is 0 Å². The quantitative estimate of drug-likeness (QED) is 0.610. The number of benzene rings is 3. The van der Waals surface area contributed by atoms with Crippen molar-refractivity contribution in [2.45, 2.75) is 13.3 Å². The number of nitrogens with one attached hydrogen (secondary N) is 2. The van der Waals surface area contributed by atoms with Crippen molar-refractivity contribution in [1.82, 2.24) is 0 Å². The predicted molar refractivity (Wildman–Crippen MR) is 123 cm³/mol. The summed E-state index contributed by atoms with van der Waals surface area (Å²) >= 11 is 0. The molecule has 31 heavy (non-hydrogen) atoms. The van der Waals surface area contributed by atoms with Crippen LogP contribution in [0.5, 0.6) is 5.75 Å². The summed E-state index contributed by atoms with van der Waals surface area (Å²) in [6, 6.07) is 22.9. The molecule has 6 nitrogen and oxygen atoms in total. The molecule has 1 unspecified atom stereocenters. The van der Waals surface area contributed by atoms with Gasteiger partial charge in [0.25, 0.3) is 0 Å². The van der Waals surface area contributed by atoms with Crippen LogP contribution in [0.2, 0.25) is 0 Å². The second kappa shape index (κ2) is 8.92. The van der Waals surface area contributed by atoms with E-state index in [-0.39, 0.29) is 18.2 Å². The van der Waals surface area contributed by atoms with E-state index < -0.39 is 5.92 Å². The number of ether oxygens (including phenoxy) is 1. The van der Waals surface area contributed by atoms with Crippen molar-refractivity contribution in [3.05, 3.63) is 78.4 Å². The van der Waals surface area contributed by atoms with Crippen molar-refractivity contribution in [2.24, 2.45) is 5.92 Å². The van der Waals surface area contributed by atoms with E-state index >= 15 is 0 Å². The minimum absolute atomic E-state index is 0.0589. The summed E-state index contributed by atoms with van der Waals surface area (Å²) in [5, 5.41) is 6.34. The van der Waals surface area contributed by atoms with Gasteiger partial charge >= 0.3 is 0 Å². The van der Waals surface area contributed by atoms with Crippen LogP contribution in [0.25, 0.3) is 0 Å². The summed E-state index contributed by atoms with van der Waals surface area (Å²) in [5.74, 6) is 0.0864. The molecule has 0 spiro atoms. The van der Waals surface area contributed by atoms with Gasteiger partial charge in [-0.1, -0.05) is 29.8 Å². The molecule has 1 fully saturated rings. The van der Waals surface area contributed by atoms with Crippen LogP contribution in [0, 0.1) is 12.8 Å². The zero-order chi connectivity index (χ0) is 21.8. The van der Waals surface area contributed by atoms with Crippen molar-refractivity contribution in [3.8, 4) is 5.75 Å². The lowest BCUT2D eigenvalue weighted by Gasteiger charge is -2.18. The van der Waals surface area contributed by atoms with Gasteiger partial charge in [0, 0.05) is 24.3 Å². The Morgan fingerprint density at radius 3 is 2.32 bits per heavy atom. The number of nitrogens with zero attached hydrogens (tertiary/aromatic N) is 1. The Hall–Kier alpha value is -3.80. The molecule has 3 aromatic rings. The van der Waals surface area contributed by atoms with Crippen molar-refractivity contribution >= 4 is 34.6 Å². The van der Waals surface area contributed by atoms with E-state index in [1.807, 2.05) is 79.7 Å². The minimum atomic E-state index is -0.415. The number of rotatable bonds is 6. The first-order valence-corrected chi connectivity index (χ1v) is 10.2. The van der Waals surface area contributed by atoms with Gasteiger partial charge in [0.2, 0.25) is 11.8 Å². The highest BCUT2D eigenvalue weighted by Gasteiger charge is 2.35. The Balaban J connectivity index is 1.45. The molecule has 1 atom stereocenters. The largest absolute Gasteiger partial charge is 0.497 e. The summed E-state index contributed by atoms with van der Waals surface area (Å²) in [7, 11) is 1.60. The van der Waals surface area contributed by atoms with Crippen LogP contribution in [0.15, 0.2) is 72.8 Å². The molecule has 1 aliphatic rings. The Morgan fingerprint density at radius 1 is 0.968 bits per heavy atom. The molecule has 0 saturated carbocycles. The third-order valence-electron chi connectivity index (χ3n) is 5.40. The second-order valence-electron chi connectivity index (χ2n) is 7.63. The number of carbonyl (C=O) groups is 2. The fourth-order valence-corrected chi connectivity index (χ4v) is 3.62. The number of aryl methyl sites for hydroxylation is 1. The first-order valence-electron chi connectivity index (χ1n) is 10.2. The fraction of sp³-hybridized carbons (Fsp3) is 0.200. The van der Waals surface area contributed by atoms with Crippen molar-refractivity contribution in [2.75, 3.05) is 29.2 Å². The Bertz CT molecular complexity index is 1080. The Kier molecular flexibility index (Phi) is 5.89. The summed E-state index contributed by atoms with van der Waals surface area (Å²) in [5.41, 5.74) is 4.37. The van der Waals surface area contributed by atoms with Crippen LogP contribution in [0.4, 0.5) is 22.7 Å². The summed E-state index contributed by atoms with van der Waals surface area (Å²) < 4.78 is 5.17. The van der Waals surface area contributed by atoms with Gasteiger partial charge in [-0.3, -0.25) is 9.59 Å². The highest BCUT2D eigenvalue weighted by molar-refractivity contribution is 6.04. The fourth-order valence-electron chi connectivity index (χ4n) is 3.62. The molecule has 3 aromatic carbocycles. The highest BCUT2D eigenvalue weighted by atomic mass is 16.5. The van der Waals surface area contributed by atoms with Crippen LogP contribution in [-0.4, -0.2) is 25.5 Å². The van der Waals surface area contributed by atoms with E-state index in [0.717, 1.165) is 22.8 Å². The minimum Gasteiger partial charge on any atom is -0.497 e. The van der Waals surface area contributed by atoms with E-state index in [1.165, 1.54) is 5.56 Å². The number of hydrogen-bond donors (Lipinski definition) is 2. The average molecular weight is 415 g/mol. The van der Waals surface area contributed by atoms with Gasteiger partial charge in [0.1, 0.15) is 5.75 Å². The van der Waals surface area contributed by atoms with E-state index in [4.69, 9.17) is 4.74 Å². The van der Waals surface area contributed by atoms with E-state index in [1.54, 1.807) is 12.0 Å². The molecule has 1 heterocycles. The van der Waals surface area contributed by atoms with Gasteiger partial charge in [-0.2, -0.15) is 0 Å². The van der Waals surface area contributed by atoms with Crippen LogP contribution in [0.3, 0.4) is 0 Å². The molecule has 4 rings (SSSR count). The molecule has 6 heteroatoms. The van der Waals surface area contributed by atoms with E-state index in [2.05, 4.69) is 10.6 Å². The first-order chi connectivity index (χ1) is 15.0. The maximum atomic E-state index is 12.9. The summed E-state index contributed by atoms with van der Waals surface area (Å²) in [4.78, 5) is 27.1. The maximum Gasteiger partial charge on any atom is 0.229 e. The zero-order valence-electron chi connectivity index (χ0n) is 17.6. The van der Waals surface area contributed by atoms with Crippen LogP contribution >= 0.6 is 0 Å². The average Bonchev–Trinajstić information content (AvgIpc) is 3.18. The lowest BCUT2D eigenvalue weighted by Crippen LogP contribution is -2.28. The molecular weight excluding hydrogens is 390 g/mol. The molecule has 0 radical (unpaired) electrons. The standard InChI is InChI=1S/C25H25N3O3/c1-17-7-9-19(10-8-17)26-22-5-3-4-6-23(22)27-25(30)18-15-24(29)28(16-18)20-11-13-21(31-2)14-12-20/h3-14,18,26H,15-16H2,1-2H3,(H,27,30). The van der Waals surface area contributed by atoms with Crippen LogP contribution in [-0.2, 0) is 9.59 Å². The zero-order valence-corrected chi connectivity index (χ0v) is 17.6. The third kappa shape index (κ3) is 4.69. The SMILES string of the molecule is COc1ccc(N2CC(C(=O)Nc3ccccc3Nc3ccc(C)cc3)CC2=O)cc1. The third-order valence-corrected chi connectivity index (χ3v) is 5.40. The van der Waals surface area contributed by atoms with Crippen molar-refractivity contribution in [3.63, 3.8) is 0 Å². The lowest BCUT2D eigenvalue weighted by molar-refractivity contribution is -0.122. The van der Waals surface area contributed by atoms with E-state index in [9.17, 15) is 9.59 Å². The molecule has 158 valence electrons. The van der Waals surface area contributed by atoms with E-state index in [0.29, 0.717) is 12.2 Å². The van der Waals surface area contributed by atoms with Gasteiger partial charge < -0.3 is 20.3 Å². The van der Waals surface area contributed by atoms with Gasteiger partial charge in [0.05, 0.1) is 24.4 Å². The molecule has 0 aliphatic carbocycles. The molecule has 2 N–H and O–H groups in total. The summed E-state index contributed by atoms with van der Waals surface area (Å²) in [6.45, 7) is 2.39. The highest BCUT2D eigenvalue weighted by Crippen LogP contribution is 2.30. The molecule has 1 saturated heterocycles. The predicted octanol–water partition coefficient (Wildman–Crippen LogP) is 4.74. The van der Waals surface area contributed by atoms with Gasteiger partial charge in [-0.05, 0) is 55.5 Å². The van der Waals surface area contributed by atoms with Gasteiger partial charge in [-0.25, -0.2) is 0 Å². The monoisotopic (exact) mass is 415 g/mol. The van der Waals surface area contributed by atoms with Crippen molar-refractivity contribution in [1.29, 1.82) is 0 Å². The Morgan fingerprint density at radius 2 is 1.65 bits per heavy atom. The summed E-state index contributed by atoms with van der Waals surface area (Å²) in [6.07, 6.45) is 0.186. The Labute approximate surface area is 181 Å². The molecule has 0 aromatic heterocycles. The van der Waals surface area contributed by atoms with Crippen molar-refractivity contribution < 1.29 is 14.3 Å². The maximum absolute atomic E-state index is 12.9. The normalized spacial score (nSPS) is 15.6. The number of amides is 2. The first kappa shape index (κ1) is 20.5. The van der Waals surface area contributed by atoms with Gasteiger partial charge in [0.15, 0.2) is 0 Å². The molecule has 2 amide bonds. The van der Waals surface area contributed by atoms with Crippen LogP contribution < -0.4 is 20.3 Å². The van der Waals surface area contributed by atoms with Crippen LogP contribution in [0.1, 0.15) is 12.0 Å². The molecule has 1 aliphatic heterocycles. The number of para-hydroxylation sites is 2. The molecule has 0 bridgehead atoms. The topological polar surface area (TPSA) is 70.7 Å². The second-order valence-corrected chi connectivity index (χ2v) is 7.63. The number of anilines is 4. The number of hydrogen-bond acceptors (Lipinski definition) is 4. The lowest BCUT2D eigenvalue weighted by atomic mass is 10.1. The number of carbonyl (C=O) groups excluding carboxylic acids is 2. The smallest absolute Gasteiger partial charge is 0.229 e.